The van der Waals surface area contributed by atoms with Crippen molar-refractivity contribution in [1.82, 2.24) is 9.80 Å². The van der Waals surface area contributed by atoms with Crippen LogP contribution >= 0.6 is 0 Å². The molecule has 0 saturated carbocycles. The minimum Gasteiger partial charge on any atom is -0.490 e. The second-order valence-corrected chi connectivity index (χ2v) is 12.4. The van der Waals surface area contributed by atoms with E-state index in [0.717, 1.165) is 12.0 Å². The first-order chi connectivity index (χ1) is 23.4. The van der Waals surface area contributed by atoms with E-state index in [-0.39, 0.29) is 43.7 Å². The summed E-state index contributed by atoms with van der Waals surface area (Å²) in [5.41, 5.74) is 1.28. The summed E-state index contributed by atoms with van der Waals surface area (Å²) in [6, 6.07) is 0. The molecule has 0 aromatic rings. The SMILES string of the molecule is C=C(OC/C=C/COC(=O)C1=CN([C@@H]2O[C@H](COC(C)=O)[C@@H](OC(C)=O)[C@H]2C)C=CC1)C1=CN([C@@H]2O[C@H](CC)C(C)[C@H]2OC(C)=O)C=CC1. The van der Waals surface area contributed by atoms with Gasteiger partial charge in [-0.15, -0.1) is 0 Å². The summed E-state index contributed by atoms with van der Waals surface area (Å²) in [4.78, 5) is 51.4. The van der Waals surface area contributed by atoms with Crippen LogP contribution in [0.3, 0.4) is 0 Å². The van der Waals surface area contributed by atoms with Gasteiger partial charge in [-0.1, -0.05) is 39.5 Å². The summed E-state index contributed by atoms with van der Waals surface area (Å²) < 4.78 is 39.9. The van der Waals surface area contributed by atoms with Gasteiger partial charge in [-0.2, -0.15) is 0 Å². The van der Waals surface area contributed by atoms with Gasteiger partial charge in [0.15, 0.2) is 12.3 Å². The van der Waals surface area contributed by atoms with Gasteiger partial charge < -0.3 is 43.0 Å². The highest BCUT2D eigenvalue weighted by Gasteiger charge is 2.47. The number of esters is 4. The lowest BCUT2D eigenvalue weighted by Crippen LogP contribution is -2.40. The molecule has 0 radical (unpaired) electrons. The van der Waals surface area contributed by atoms with E-state index in [9.17, 15) is 19.2 Å². The van der Waals surface area contributed by atoms with Crippen molar-refractivity contribution < 1.29 is 52.3 Å². The van der Waals surface area contributed by atoms with Crippen molar-refractivity contribution in [2.45, 2.75) is 97.7 Å². The van der Waals surface area contributed by atoms with E-state index in [1.807, 2.05) is 50.2 Å². The van der Waals surface area contributed by atoms with Crippen molar-refractivity contribution >= 4 is 23.9 Å². The van der Waals surface area contributed by atoms with Crippen molar-refractivity contribution in [2.24, 2.45) is 11.8 Å². The van der Waals surface area contributed by atoms with Crippen molar-refractivity contribution in [3.8, 4) is 0 Å². The Bertz CT molecular complexity index is 1400. The van der Waals surface area contributed by atoms with Crippen molar-refractivity contribution in [2.75, 3.05) is 19.8 Å². The van der Waals surface area contributed by atoms with Crippen molar-refractivity contribution in [1.29, 1.82) is 0 Å². The average Bonchev–Trinajstić information content (AvgIpc) is 3.55. The Hall–Kier alpha value is -4.36. The number of ether oxygens (including phenoxy) is 7. The number of hydrogen-bond donors (Lipinski definition) is 0. The summed E-state index contributed by atoms with van der Waals surface area (Å²) in [7, 11) is 0. The third kappa shape index (κ3) is 9.85. The number of rotatable bonds is 14. The van der Waals surface area contributed by atoms with Crippen molar-refractivity contribution in [3.63, 3.8) is 0 Å². The number of hydrogen-bond acceptors (Lipinski definition) is 13. The zero-order valence-electron chi connectivity index (χ0n) is 29.1. The average molecular weight is 685 g/mol. The van der Waals surface area contributed by atoms with Crippen LogP contribution in [0.25, 0.3) is 0 Å². The Morgan fingerprint density at radius 3 is 1.98 bits per heavy atom. The quantitative estimate of drug-likeness (QED) is 0.111. The molecule has 268 valence electrons. The molecule has 0 amide bonds. The second kappa shape index (κ2) is 17.3. The zero-order chi connectivity index (χ0) is 35.7. The van der Waals surface area contributed by atoms with E-state index in [0.29, 0.717) is 24.2 Å². The third-order valence-corrected chi connectivity index (χ3v) is 8.69. The molecule has 0 spiro atoms. The predicted molar refractivity (Wildman–Crippen MR) is 176 cm³/mol. The molecule has 49 heavy (non-hydrogen) atoms. The standard InChI is InChI=1S/C36H48N2O11/c1-8-30-22(2)33(47-27(7)41)35(48-30)38-16-11-13-28(19-38)24(4)43-17-9-10-18-44-36(42)29-14-12-15-37(20-29)34-23(3)32(46-26(6)40)31(49-34)21-45-25(5)39/h9-12,15-16,19-20,22-23,30-35H,4,8,13-14,17-18,21H2,1-3,5-7H3/b10-9+/t22?,23-,30-,31-,32+,33-,34-,35-/m1/s1. The molecule has 0 N–H and O–H groups in total. The maximum Gasteiger partial charge on any atom is 0.336 e. The van der Waals surface area contributed by atoms with Crippen molar-refractivity contribution in [3.05, 3.63) is 72.6 Å². The molecule has 4 aliphatic heterocycles. The highest BCUT2D eigenvalue weighted by atomic mass is 16.6. The normalized spacial score (nSPS) is 29.3. The van der Waals surface area contributed by atoms with Crippen LogP contribution in [0.4, 0.5) is 0 Å². The summed E-state index contributed by atoms with van der Waals surface area (Å²) in [5, 5.41) is 0. The van der Waals surface area contributed by atoms with Crippen LogP contribution in [-0.4, -0.2) is 90.4 Å². The first-order valence-electron chi connectivity index (χ1n) is 16.6. The fourth-order valence-electron chi connectivity index (χ4n) is 6.23. The van der Waals surface area contributed by atoms with Crippen LogP contribution in [0.1, 0.15) is 60.8 Å². The smallest absolute Gasteiger partial charge is 0.336 e. The van der Waals surface area contributed by atoms with Crippen LogP contribution in [0.5, 0.6) is 0 Å². The summed E-state index contributed by atoms with van der Waals surface area (Å²) in [6.45, 7) is 14.2. The maximum absolute atomic E-state index is 12.9. The molecule has 2 saturated heterocycles. The Balaban J connectivity index is 1.25. The molecule has 2 fully saturated rings. The number of allylic oxidation sites excluding steroid dienone is 3. The second-order valence-electron chi connectivity index (χ2n) is 12.4. The summed E-state index contributed by atoms with van der Waals surface area (Å²) in [6.07, 6.45) is 13.6. The summed E-state index contributed by atoms with van der Waals surface area (Å²) in [5.74, 6) is -1.50. The monoisotopic (exact) mass is 684 g/mol. The van der Waals surface area contributed by atoms with E-state index in [1.165, 1.54) is 20.8 Å². The lowest BCUT2D eigenvalue weighted by Gasteiger charge is -2.31. The molecular formula is C36H48N2O11. The fraction of sp³-hybridized carbons (Fsp3) is 0.556. The molecule has 8 atom stereocenters. The Labute approximate surface area is 287 Å². The Kier molecular flexibility index (Phi) is 13.3. The van der Waals surface area contributed by atoms with Gasteiger partial charge in [0.25, 0.3) is 0 Å². The van der Waals surface area contributed by atoms with Gasteiger partial charge in [0.05, 0.1) is 11.7 Å². The van der Waals surface area contributed by atoms with Gasteiger partial charge in [-0.25, -0.2) is 4.79 Å². The number of nitrogens with zero attached hydrogens (tertiary/aromatic N) is 2. The Morgan fingerprint density at radius 2 is 1.35 bits per heavy atom. The molecule has 0 bridgehead atoms. The topological polar surface area (TPSA) is 139 Å². The zero-order valence-corrected chi connectivity index (χ0v) is 29.1. The molecule has 13 heteroatoms. The van der Waals surface area contributed by atoms with Gasteiger partial charge in [-0.3, -0.25) is 14.4 Å². The van der Waals surface area contributed by atoms with Crippen LogP contribution in [0.2, 0.25) is 0 Å². The lowest BCUT2D eigenvalue weighted by molar-refractivity contribution is -0.156. The highest BCUT2D eigenvalue weighted by Crippen LogP contribution is 2.36. The van der Waals surface area contributed by atoms with Gasteiger partial charge >= 0.3 is 23.9 Å². The van der Waals surface area contributed by atoms with Gasteiger partial charge in [0, 0.05) is 69.4 Å². The molecule has 13 nitrogen and oxygen atoms in total. The number of carbonyl (C=O) groups excluding carboxylic acids is 4. The molecule has 0 aliphatic carbocycles. The van der Waals surface area contributed by atoms with E-state index in [4.69, 9.17) is 33.2 Å². The molecule has 0 aromatic carbocycles. The molecule has 0 aromatic heterocycles. The summed E-state index contributed by atoms with van der Waals surface area (Å²) >= 11 is 0. The van der Waals surface area contributed by atoms with Crippen LogP contribution in [-0.2, 0) is 52.3 Å². The van der Waals surface area contributed by atoms with Crippen LogP contribution in [0, 0.1) is 11.8 Å². The molecule has 4 rings (SSSR count). The molecular weight excluding hydrogens is 636 g/mol. The molecule has 1 unspecified atom stereocenters. The highest BCUT2D eigenvalue weighted by molar-refractivity contribution is 5.89. The fourth-order valence-corrected chi connectivity index (χ4v) is 6.23. The lowest BCUT2D eigenvalue weighted by atomic mass is 9.98. The van der Waals surface area contributed by atoms with Gasteiger partial charge in [-0.05, 0) is 25.0 Å². The largest absolute Gasteiger partial charge is 0.490 e. The van der Waals surface area contributed by atoms with E-state index in [2.05, 4.69) is 6.58 Å². The number of carbonyl (C=O) groups is 4. The predicted octanol–water partition coefficient (Wildman–Crippen LogP) is 4.38. The van der Waals surface area contributed by atoms with E-state index in [1.54, 1.807) is 29.5 Å². The third-order valence-electron chi connectivity index (χ3n) is 8.69. The van der Waals surface area contributed by atoms with Crippen LogP contribution in [0.15, 0.2) is 72.6 Å². The van der Waals surface area contributed by atoms with Gasteiger partial charge in [0.2, 0.25) is 0 Å². The molecule has 4 aliphatic rings. The molecule has 4 heterocycles. The Morgan fingerprint density at radius 1 is 0.776 bits per heavy atom. The maximum atomic E-state index is 12.9. The first-order valence-corrected chi connectivity index (χ1v) is 16.6. The van der Waals surface area contributed by atoms with E-state index < -0.39 is 48.7 Å². The van der Waals surface area contributed by atoms with Gasteiger partial charge in [0.1, 0.15) is 44.0 Å². The minimum absolute atomic E-state index is 0.0239. The van der Waals surface area contributed by atoms with E-state index >= 15 is 0 Å². The van der Waals surface area contributed by atoms with Crippen LogP contribution < -0.4 is 0 Å². The minimum atomic E-state index is -0.654. The first kappa shape index (κ1) is 37.5.